The number of ether oxygens (including phenoxy) is 1. The second-order valence-corrected chi connectivity index (χ2v) is 5.59. The van der Waals surface area contributed by atoms with Gasteiger partial charge in [0.25, 0.3) is 0 Å². The van der Waals surface area contributed by atoms with Gasteiger partial charge in [0.15, 0.2) is 0 Å². The van der Waals surface area contributed by atoms with Crippen LogP contribution in [-0.2, 0) is 9.53 Å². The third-order valence-corrected chi connectivity index (χ3v) is 3.47. The van der Waals surface area contributed by atoms with Crippen molar-refractivity contribution < 1.29 is 9.53 Å². The number of methoxy groups -OCH3 is 1. The Labute approximate surface area is 118 Å². The molecular weight excluding hydrogens is 240 g/mol. The van der Waals surface area contributed by atoms with Crippen LogP contribution in [0.3, 0.4) is 0 Å². The quantitative estimate of drug-likeness (QED) is 0.620. The van der Waals surface area contributed by atoms with E-state index in [-0.39, 0.29) is 18.1 Å². The number of carbonyl (C=O) groups is 1. The number of nitrogens with one attached hydrogen (secondary N) is 1. The van der Waals surface area contributed by atoms with Gasteiger partial charge in [0.05, 0.1) is 7.11 Å². The van der Waals surface area contributed by atoms with E-state index in [2.05, 4.69) is 31.0 Å². The lowest BCUT2D eigenvalue weighted by molar-refractivity contribution is -0.143. The highest BCUT2D eigenvalue weighted by Crippen LogP contribution is 2.06. The van der Waals surface area contributed by atoms with Crippen molar-refractivity contribution in [1.82, 2.24) is 10.2 Å². The SMILES string of the molecule is CCC(C)CN(CC)CCC(NC(C)C)C(=O)OC. The first-order valence-corrected chi connectivity index (χ1v) is 7.50. The van der Waals surface area contributed by atoms with E-state index in [0.29, 0.717) is 5.92 Å². The van der Waals surface area contributed by atoms with Gasteiger partial charge in [0.1, 0.15) is 6.04 Å². The fourth-order valence-electron chi connectivity index (χ4n) is 2.07. The second kappa shape index (κ2) is 10.2. The fourth-order valence-corrected chi connectivity index (χ4v) is 2.07. The first kappa shape index (κ1) is 18.4. The summed E-state index contributed by atoms with van der Waals surface area (Å²) in [5.74, 6) is 0.544. The zero-order chi connectivity index (χ0) is 14.8. The molecule has 0 aliphatic carbocycles. The van der Waals surface area contributed by atoms with Crippen LogP contribution in [0.1, 0.15) is 47.5 Å². The highest BCUT2D eigenvalue weighted by Gasteiger charge is 2.20. The minimum atomic E-state index is -0.198. The van der Waals surface area contributed by atoms with Gasteiger partial charge in [-0.25, -0.2) is 0 Å². The van der Waals surface area contributed by atoms with E-state index < -0.39 is 0 Å². The molecule has 0 aliphatic rings. The van der Waals surface area contributed by atoms with Crippen molar-refractivity contribution in [2.75, 3.05) is 26.7 Å². The number of carbonyl (C=O) groups excluding carboxylic acids is 1. The molecule has 0 rings (SSSR count). The van der Waals surface area contributed by atoms with Gasteiger partial charge in [-0.3, -0.25) is 4.79 Å². The maximum atomic E-state index is 11.7. The van der Waals surface area contributed by atoms with Gasteiger partial charge in [-0.2, -0.15) is 0 Å². The lowest BCUT2D eigenvalue weighted by Gasteiger charge is -2.26. The lowest BCUT2D eigenvalue weighted by atomic mass is 10.1. The van der Waals surface area contributed by atoms with E-state index in [1.807, 2.05) is 13.8 Å². The molecule has 0 heterocycles. The molecule has 0 aromatic carbocycles. The summed E-state index contributed by atoms with van der Waals surface area (Å²) in [6.07, 6.45) is 2.00. The Kier molecular flexibility index (Phi) is 9.88. The van der Waals surface area contributed by atoms with Crippen LogP contribution in [-0.4, -0.2) is 49.7 Å². The summed E-state index contributed by atoms with van der Waals surface area (Å²) in [6, 6.07) is 0.0877. The summed E-state index contributed by atoms with van der Waals surface area (Å²) in [6.45, 7) is 13.8. The number of hydrogen-bond donors (Lipinski definition) is 1. The molecule has 4 nitrogen and oxygen atoms in total. The highest BCUT2D eigenvalue weighted by atomic mass is 16.5. The predicted molar refractivity (Wildman–Crippen MR) is 80.3 cm³/mol. The molecule has 114 valence electrons. The summed E-state index contributed by atoms with van der Waals surface area (Å²) in [5, 5.41) is 3.28. The van der Waals surface area contributed by atoms with Gasteiger partial charge in [-0.1, -0.05) is 41.0 Å². The Morgan fingerprint density at radius 2 is 1.89 bits per heavy atom. The van der Waals surface area contributed by atoms with E-state index in [9.17, 15) is 4.79 Å². The van der Waals surface area contributed by atoms with Crippen LogP contribution in [0.2, 0.25) is 0 Å². The molecule has 4 heteroatoms. The van der Waals surface area contributed by atoms with Crippen molar-refractivity contribution in [3.05, 3.63) is 0 Å². The second-order valence-electron chi connectivity index (χ2n) is 5.59. The third-order valence-electron chi connectivity index (χ3n) is 3.47. The van der Waals surface area contributed by atoms with Crippen molar-refractivity contribution in [2.24, 2.45) is 5.92 Å². The third kappa shape index (κ3) is 8.22. The number of rotatable bonds is 10. The van der Waals surface area contributed by atoms with Gasteiger partial charge >= 0.3 is 5.97 Å². The molecule has 0 aliphatic heterocycles. The molecule has 0 saturated heterocycles. The molecule has 0 bridgehead atoms. The molecule has 0 amide bonds. The Bertz CT molecular complexity index is 244. The van der Waals surface area contributed by atoms with Crippen molar-refractivity contribution >= 4 is 5.97 Å². The van der Waals surface area contributed by atoms with E-state index in [0.717, 1.165) is 26.1 Å². The van der Waals surface area contributed by atoms with E-state index in [1.165, 1.54) is 13.5 Å². The topological polar surface area (TPSA) is 41.6 Å². The standard InChI is InChI=1S/C15H32N2O2/c1-7-13(5)11-17(8-2)10-9-14(15(18)19-6)16-12(3)4/h12-14,16H,7-11H2,1-6H3. The molecule has 0 spiro atoms. The molecule has 2 atom stereocenters. The molecule has 1 N–H and O–H groups in total. The molecule has 2 unspecified atom stereocenters. The van der Waals surface area contributed by atoms with Crippen molar-refractivity contribution in [3.8, 4) is 0 Å². The molecule has 0 radical (unpaired) electrons. The van der Waals surface area contributed by atoms with Gasteiger partial charge < -0.3 is 15.0 Å². The Balaban J connectivity index is 4.30. The smallest absolute Gasteiger partial charge is 0.322 e. The van der Waals surface area contributed by atoms with Gasteiger partial charge in [0.2, 0.25) is 0 Å². The minimum absolute atomic E-state index is 0.159. The first-order chi connectivity index (χ1) is 8.94. The zero-order valence-corrected chi connectivity index (χ0v) is 13.5. The molecular formula is C15H32N2O2. The average molecular weight is 272 g/mol. The van der Waals surface area contributed by atoms with Crippen molar-refractivity contribution in [2.45, 2.75) is 59.5 Å². The minimum Gasteiger partial charge on any atom is -0.468 e. The van der Waals surface area contributed by atoms with Gasteiger partial charge in [0, 0.05) is 19.1 Å². The van der Waals surface area contributed by atoms with Crippen LogP contribution in [0.25, 0.3) is 0 Å². The van der Waals surface area contributed by atoms with E-state index >= 15 is 0 Å². The number of hydrogen-bond acceptors (Lipinski definition) is 4. The van der Waals surface area contributed by atoms with E-state index in [4.69, 9.17) is 4.74 Å². The Morgan fingerprint density at radius 3 is 2.32 bits per heavy atom. The number of nitrogens with zero attached hydrogens (tertiary/aromatic N) is 1. The largest absolute Gasteiger partial charge is 0.468 e. The molecule has 0 aromatic heterocycles. The van der Waals surface area contributed by atoms with Crippen LogP contribution < -0.4 is 5.32 Å². The van der Waals surface area contributed by atoms with E-state index in [1.54, 1.807) is 0 Å². The average Bonchev–Trinajstić information content (AvgIpc) is 2.39. The van der Waals surface area contributed by atoms with Crippen LogP contribution in [0.4, 0.5) is 0 Å². The summed E-state index contributed by atoms with van der Waals surface area (Å²) < 4.78 is 4.86. The maximum Gasteiger partial charge on any atom is 0.322 e. The molecule has 0 fully saturated rings. The monoisotopic (exact) mass is 272 g/mol. The summed E-state index contributed by atoms with van der Waals surface area (Å²) >= 11 is 0. The van der Waals surface area contributed by atoms with Crippen LogP contribution in [0.5, 0.6) is 0 Å². The van der Waals surface area contributed by atoms with Crippen LogP contribution in [0.15, 0.2) is 0 Å². The first-order valence-electron chi connectivity index (χ1n) is 7.50. The number of esters is 1. The maximum absolute atomic E-state index is 11.7. The summed E-state index contributed by atoms with van der Waals surface area (Å²) in [5.41, 5.74) is 0. The van der Waals surface area contributed by atoms with Crippen molar-refractivity contribution in [1.29, 1.82) is 0 Å². The molecule has 0 aromatic rings. The normalized spacial score (nSPS) is 14.7. The Morgan fingerprint density at radius 1 is 1.26 bits per heavy atom. The predicted octanol–water partition coefficient (Wildman–Crippen LogP) is 2.28. The fraction of sp³-hybridized carbons (Fsp3) is 0.933. The Hall–Kier alpha value is -0.610. The van der Waals surface area contributed by atoms with Crippen LogP contribution >= 0.6 is 0 Å². The van der Waals surface area contributed by atoms with Gasteiger partial charge in [-0.05, 0) is 18.9 Å². The van der Waals surface area contributed by atoms with Crippen LogP contribution in [0, 0.1) is 5.92 Å². The summed E-state index contributed by atoms with van der Waals surface area (Å²) in [7, 11) is 1.45. The highest BCUT2D eigenvalue weighted by molar-refractivity contribution is 5.75. The zero-order valence-electron chi connectivity index (χ0n) is 13.5. The van der Waals surface area contributed by atoms with Crippen molar-refractivity contribution in [3.63, 3.8) is 0 Å². The molecule has 19 heavy (non-hydrogen) atoms. The summed E-state index contributed by atoms with van der Waals surface area (Å²) in [4.78, 5) is 14.1. The van der Waals surface area contributed by atoms with Gasteiger partial charge in [-0.15, -0.1) is 0 Å². The molecule has 0 saturated carbocycles. The lowest BCUT2D eigenvalue weighted by Crippen LogP contribution is -2.44.